The highest BCUT2D eigenvalue weighted by molar-refractivity contribution is 7.92. The van der Waals surface area contributed by atoms with Gasteiger partial charge in [-0.25, -0.2) is 8.42 Å². The molecule has 1 N–H and O–H groups in total. The van der Waals surface area contributed by atoms with Crippen LogP contribution in [0.1, 0.15) is 58.3 Å². The van der Waals surface area contributed by atoms with Crippen LogP contribution < -0.4 is 5.32 Å². The predicted octanol–water partition coefficient (Wildman–Crippen LogP) is 2.51. The molecule has 106 valence electrons. The maximum absolute atomic E-state index is 12.8. The van der Waals surface area contributed by atoms with Gasteiger partial charge in [0.25, 0.3) is 0 Å². The van der Waals surface area contributed by atoms with Crippen molar-refractivity contribution in [1.29, 1.82) is 0 Å². The lowest BCUT2D eigenvalue weighted by Crippen LogP contribution is -2.49. The quantitative estimate of drug-likeness (QED) is 0.856. The minimum Gasteiger partial charge on any atom is -0.316 e. The van der Waals surface area contributed by atoms with E-state index in [0.29, 0.717) is 5.92 Å². The van der Waals surface area contributed by atoms with Gasteiger partial charge in [0.2, 0.25) is 0 Å². The average molecular weight is 273 g/mol. The van der Waals surface area contributed by atoms with Gasteiger partial charge in [0, 0.05) is 6.04 Å². The summed E-state index contributed by atoms with van der Waals surface area (Å²) >= 11 is 0. The second-order valence-corrected chi connectivity index (χ2v) is 8.47. The Bertz CT molecular complexity index is 360. The lowest BCUT2D eigenvalue weighted by atomic mass is 9.84. The first-order valence-electron chi connectivity index (χ1n) is 7.49. The van der Waals surface area contributed by atoms with Gasteiger partial charge in [-0.15, -0.1) is 0 Å². The fourth-order valence-electron chi connectivity index (χ4n) is 3.74. The first-order valence-corrected chi connectivity index (χ1v) is 9.10. The Kier molecular flexibility index (Phi) is 4.70. The summed E-state index contributed by atoms with van der Waals surface area (Å²) < 4.78 is 25.6. The van der Waals surface area contributed by atoms with Gasteiger partial charge in [0.1, 0.15) is 0 Å². The zero-order chi connectivity index (χ0) is 13.2. The Hall–Kier alpha value is -0.0900. The highest BCUT2D eigenvalue weighted by Crippen LogP contribution is 2.36. The second-order valence-electron chi connectivity index (χ2n) is 6.02. The fraction of sp³-hybridized carbons (Fsp3) is 1.00. The van der Waals surface area contributed by atoms with E-state index in [-0.39, 0.29) is 16.5 Å². The van der Waals surface area contributed by atoms with Crippen molar-refractivity contribution in [1.82, 2.24) is 5.32 Å². The average Bonchev–Trinajstić information content (AvgIpc) is 2.92. The highest BCUT2D eigenvalue weighted by Gasteiger charge is 2.42. The van der Waals surface area contributed by atoms with Crippen LogP contribution in [0.3, 0.4) is 0 Å². The minimum absolute atomic E-state index is 0.0473. The van der Waals surface area contributed by atoms with Crippen LogP contribution in [0.25, 0.3) is 0 Å². The van der Waals surface area contributed by atoms with Crippen molar-refractivity contribution in [2.45, 2.75) is 74.8 Å². The number of sulfone groups is 1. The van der Waals surface area contributed by atoms with Gasteiger partial charge in [0.05, 0.1) is 10.5 Å². The summed E-state index contributed by atoms with van der Waals surface area (Å²) in [4.78, 5) is 0. The highest BCUT2D eigenvalue weighted by atomic mass is 32.2. The van der Waals surface area contributed by atoms with Gasteiger partial charge in [-0.3, -0.25) is 0 Å². The van der Waals surface area contributed by atoms with Crippen LogP contribution in [-0.2, 0) is 9.84 Å². The monoisotopic (exact) mass is 273 g/mol. The third-order valence-electron chi connectivity index (χ3n) is 5.04. The van der Waals surface area contributed by atoms with Crippen molar-refractivity contribution >= 4 is 9.84 Å². The molecule has 2 saturated carbocycles. The second kappa shape index (κ2) is 5.91. The molecule has 0 saturated heterocycles. The summed E-state index contributed by atoms with van der Waals surface area (Å²) in [5.41, 5.74) is 0. The summed E-state index contributed by atoms with van der Waals surface area (Å²) in [7, 11) is -1.02. The Morgan fingerprint density at radius 2 is 1.78 bits per heavy atom. The lowest BCUT2D eigenvalue weighted by molar-refractivity contribution is 0.295. The van der Waals surface area contributed by atoms with E-state index in [9.17, 15) is 8.42 Å². The molecule has 0 aromatic rings. The third kappa shape index (κ3) is 2.74. The van der Waals surface area contributed by atoms with Crippen molar-refractivity contribution in [3.05, 3.63) is 0 Å². The van der Waals surface area contributed by atoms with Crippen LogP contribution in [0.15, 0.2) is 0 Å². The standard InChI is InChI=1S/C14H27NO2S/c1-3-11-8-9-13(15-2)14(10-11)18(16,17)12-6-4-5-7-12/h11-15H,3-10H2,1-2H3. The number of hydrogen-bond acceptors (Lipinski definition) is 3. The molecule has 3 nitrogen and oxygen atoms in total. The van der Waals surface area contributed by atoms with Gasteiger partial charge in [-0.2, -0.15) is 0 Å². The van der Waals surface area contributed by atoms with E-state index < -0.39 is 9.84 Å². The molecule has 3 atom stereocenters. The Morgan fingerprint density at radius 1 is 1.11 bits per heavy atom. The molecule has 2 aliphatic carbocycles. The van der Waals surface area contributed by atoms with Crippen molar-refractivity contribution in [2.75, 3.05) is 7.05 Å². The topological polar surface area (TPSA) is 46.2 Å². The largest absolute Gasteiger partial charge is 0.316 e. The van der Waals surface area contributed by atoms with Crippen molar-refractivity contribution in [2.24, 2.45) is 5.92 Å². The van der Waals surface area contributed by atoms with E-state index in [4.69, 9.17) is 0 Å². The number of nitrogens with one attached hydrogen (secondary N) is 1. The molecule has 0 aliphatic heterocycles. The van der Waals surface area contributed by atoms with E-state index in [1.807, 2.05) is 7.05 Å². The SMILES string of the molecule is CCC1CCC(NC)C(S(=O)(=O)C2CCCC2)C1. The predicted molar refractivity (Wildman–Crippen MR) is 75.4 cm³/mol. The molecule has 0 aromatic heterocycles. The van der Waals surface area contributed by atoms with E-state index in [2.05, 4.69) is 12.2 Å². The zero-order valence-corrected chi connectivity index (χ0v) is 12.5. The third-order valence-corrected chi connectivity index (χ3v) is 7.80. The van der Waals surface area contributed by atoms with Gasteiger partial charge in [0.15, 0.2) is 9.84 Å². The molecule has 4 heteroatoms. The summed E-state index contributed by atoms with van der Waals surface area (Å²) in [5.74, 6) is 0.607. The molecular weight excluding hydrogens is 246 g/mol. The molecule has 0 heterocycles. The summed E-state index contributed by atoms with van der Waals surface area (Å²) in [6.45, 7) is 2.18. The van der Waals surface area contributed by atoms with Crippen molar-refractivity contribution in [3.8, 4) is 0 Å². The van der Waals surface area contributed by atoms with Crippen LogP contribution in [-0.4, -0.2) is 32.0 Å². The van der Waals surface area contributed by atoms with Crippen molar-refractivity contribution < 1.29 is 8.42 Å². The molecule has 2 aliphatic rings. The van der Waals surface area contributed by atoms with Crippen LogP contribution in [0.2, 0.25) is 0 Å². The van der Waals surface area contributed by atoms with E-state index in [1.54, 1.807) is 0 Å². The van der Waals surface area contributed by atoms with Crippen LogP contribution in [0, 0.1) is 5.92 Å². The molecule has 0 amide bonds. The molecule has 0 aromatic carbocycles. The first kappa shape index (κ1) is 14.3. The van der Waals surface area contributed by atoms with Gasteiger partial charge >= 0.3 is 0 Å². The lowest BCUT2D eigenvalue weighted by Gasteiger charge is -2.36. The zero-order valence-electron chi connectivity index (χ0n) is 11.7. The Labute approximate surface area is 112 Å². The van der Waals surface area contributed by atoms with Crippen molar-refractivity contribution in [3.63, 3.8) is 0 Å². The van der Waals surface area contributed by atoms with E-state index >= 15 is 0 Å². The van der Waals surface area contributed by atoms with Gasteiger partial charge in [-0.05, 0) is 45.1 Å². The maximum Gasteiger partial charge on any atom is 0.157 e. The molecule has 18 heavy (non-hydrogen) atoms. The van der Waals surface area contributed by atoms with Gasteiger partial charge < -0.3 is 5.32 Å². The van der Waals surface area contributed by atoms with Crippen LogP contribution in [0.5, 0.6) is 0 Å². The number of hydrogen-bond donors (Lipinski definition) is 1. The van der Waals surface area contributed by atoms with Gasteiger partial charge in [-0.1, -0.05) is 26.2 Å². The van der Waals surface area contributed by atoms with Crippen LogP contribution >= 0.6 is 0 Å². The molecule has 0 bridgehead atoms. The van der Waals surface area contributed by atoms with Crippen LogP contribution in [0.4, 0.5) is 0 Å². The molecule has 2 rings (SSSR count). The summed E-state index contributed by atoms with van der Waals surface area (Å²) in [6.07, 6.45) is 8.17. The molecule has 0 radical (unpaired) electrons. The fourth-order valence-corrected chi connectivity index (χ4v) is 6.50. The smallest absolute Gasteiger partial charge is 0.157 e. The number of rotatable bonds is 4. The molecule has 2 fully saturated rings. The minimum atomic E-state index is -2.93. The summed E-state index contributed by atoms with van der Waals surface area (Å²) in [5, 5.41) is 3.07. The Balaban J connectivity index is 2.16. The molecular formula is C14H27NO2S. The molecule has 0 spiro atoms. The normalized spacial score (nSPS) is 34.9. The molecule has 3 unspecified atom stereocenters. The summed E-state index contributed by atoms with van der Waals surface area (Å²) in [6, 6.07) is 0.179. The first-order chi connectivity index (χ1) is 8.59. The Morgan fingerprint density at radius 3 is 2.33 bits per heavy atom. The van der Waals surface area contributed by atoms with E-state index in [1.165, 1.54) is 6.42 Å². The maximum atomic E-state index is 12.8. The van der Waals surface area contributed by atoms with E-state index in [0.717, 1.165) is 44.9 Å².